The van der Waals surface area contributed by atoms with Gasteiger partial charge in [0.2, 0.25) is 11.8 Å². The van der Waals surface area contributed by atoms with E-state index in [2.05, 4.69) is 10.2 Å². The van der Waals surface area contributed by atoms with Crippen molar-refractivity contribution in [2.45, 2.75) is 54.6 Å². The van der Waals surface area contributed by atoms with Crippen molar-refractivity contribution in [3.8, 4) is 6.07 Å². The fraction of sp³-hybridized carbons (Fsp3) is 0.348. The number of alkyl halides is 6. The molecule has 1 N–H and O–H groups in total. The van der Waals surface area contributed by atoms with Crippen LogP contribution in [0.5, 0.6) is 0 Å². The number of rotatable bonds is 6. The second kappa shape index (κ2) is 9.79. The number of nitriles is 1. The molecule has 16 heteroatoms. The quantitative estimate of drug-likeness (QED) is 0.432. The minimum absolute atomic E-state index is 0.0418. The number of hydrogen-bond acceptors (Lipinski definition) is 7. The van der Waals surface area contributed by atoms with Gasteiger partial charge in [-0.25, -0.2) is 12.8 Å². The third-order valence-corrected chi connectivity index (χ3v) is 8.03. The Hall–Kier alpha value is -3.71. The van der Waals surface area contributed by atoms with E-state index in [0.29, 0.717) is 12.1 Å². The standard InChI is InChI=1S/C23H17F7N4O4S/c24-15-3-6-17(7-4-15)39(36,37)34-16(12-20-33-32-19(38-20)9-10-31)5-1-13-11-14(2-8-18(13)34)21(35,22(25,26)27)23(28,29)30/h2-4,6-8,11,16,35H,1,5,9,12H2/t16-/m0/s1. The van der Waals surface area contributed by atoms with Crippen LogP contribution in [0.15, 0.2) is 51.8 Å². The molecule has 2 heterocycles. The summed E-state index contributed by atoms with van der Waals surface area (Å²) in [6.07, 6.45) is -13.0. The highest BCUT2D eigenvalue weighted by atomic mass is 32.2. The molecular weight excluding hydrogens is 561 g/mol. The maximum Gasteiger partial charge on any atom is 0.430 e. The molecule has 3 aromatic rings. The van der Waals surface area contributed by atoms with E-state index < -0.39 is 50.3 Å². The normalized spacial score (nSPS) is 16.6. The van der Waals surface area contributed by atoms with Gasteiger partial charge in [-0.2, -0.15) is 31.6 Å². The fourth-order valence-corrected chi connectivity index (χ4v) is 6.01. The van der Waals surface area contributed by atoms with Crippen molar-refractivity contribution >= 4 is 15.7 Å². The molecule has 1 aliphatic heterocycles. The highest BCUT2D eigenvalue weighted by molar-refractivity contribution is 7.92. The average molecular weight is 578 g/mol. The van der Waals surface area contributed by atoms with Gasteiger partial charge in [-0.3, -0.25) is 4.31 Å². The molecule has 0 amide bonds. The molecule has 1 aromatic heterocycles. The number of sulfonamides is 1. The van der Waals surface area contributed by atoms with Gasteiger partial charge in [0.15, 0.2) is 0 Å². The average Bonchev–Trinajstić information content (AvgIpc) is 3.28. The van der Waals surface area contributed by atoms with Gasteiger partial charge in [-0.15, -0.1) is 10.2 Å². The van der Waals surface area contributed by atoms with E-state index in [4.69, 9.17) is 9.68 Å². The largest absolute Gasteiger partial charge is 0.430 e. The first-order valence-corrected chi connectivity index (χ1v) is 12.5. The van der Waals surface area contributed by atoms with Crippen molar-refractivity contribution in [2.24, 2.45) is 0 Å². The second-order valence-corrected chi connectivity index (χ2v) is 10.4. The molecule has 0 bridgehead atoms. The monoisotopic (exact) mass is 578 g/mol. The van der Waals surface area contributed by atoms with Gasteiger partial charge in [-0.1, -0.05) is 12.1 Å². The number of halogens is 7. The van der Waals surface area contributed by atoms with Crippen LogP contribution in [-0.4, -0.2) is 42.1 Å². The first-order chi connectivity index (χ1) is 18.1. The lowest BCUT2D eigenvalue weighted by Gasteiger charge is -2.39. The van der Waals surface area contributed by atoms with E-state index in [1.807, 2.05) is 0 Å². The Kier molecular flexibility index (Phi) is 7.11. The summed E-state index contributed by atoms with van der Waals surface area (Å²) in [4.78, 5) is -0.399. The molecule has 0 unspecified atom stereocenters. The Morgan fingerprint density at radius 2 is 1.64 bits per heavy atom. The van der Waals surface area contributed by atoms with Crippen LogP contribution in [0.2, 0.25) is 0 Å². The Morgan fingerprint density at radius 3 is 2.23 bits per heavy atom. The summed E-state index contributed by atoms with van der Waals surface area (Å²) in [6.45, 7) is 0. The summed E-state index contributed by atoms with van der Waals surface area (Å²) >= 11 is 0. The number of fused-ring (bicyclic) bond motifs is 1. The third kappa shape index (κ3) is 5.03. The highest BCUT2D eigenvalue weighted by Crippen LogP contribution is 2.51. The summed E-state index contributed by atoms with van der Waals surface area (Å²) in [5.74, 6) is -0.850. The summed E-state index contributed by atoms with van der Waals surface area (Å²) < 4.78 is 128. The Labute approximate surface area is 216 Å². The van der Waals surface area contributed by atoms with Crippen LogP contribution in [0.1, 0.15) is 29.3 Å². The molecule has 0 spiro atoms. The van der Waals surface area contributed by atoms with E-state index in [0.717, 1.165) is 34.6 Å². The summed E-state index contributed by atoms with van der Waals surface area (Å²) in [5, 5.41) is 26.0. The topological polar surface area (TPSA) is 120 Å². The number of hydrogen-bond donors (Lipinski definition) is 1. The van der Waals surface area contributed by atoms with Gasteiger partial charge in [0.25, 0.3) is 15.6 Å². The van der Waals surface area contributed by atoms with Crippen LogP contribution in [0.25, 0.3) is 0 Å². The molecule has 0 aliphatic carbocycles. The molecule has 0 radical (unpaired) electrons. The smallest absolute Gasteiger partial charge is 0.424 e. The molecule has 0 fully saturated rings. The van der Waals surface area contributed by atoms with Crippen LogP contribution in [-0.2, 0) is 34.9 Å². The first-order valence-electron chi connectivity index (χ1n) is 11.1. The van der Waals surface area contributed by atoms with Crippen molar-refractivity contribution in [1.82, 2.24) is 10.2 Å². The van der Waals surface area contributed by atoms with Crippen molar-refractivity contribution < 1.29 is 48.7 Å². The number of aryl methyl sites for hydroxylation is 1. The number of aromatic nitrogens is 2. The molecule has 2 aromatic carbocycles. The summed E-state index contributed by atoms with van der Waals surface area (Å²) in [6, 6.07) is 6.01. The van der Waals surface area contributed by atoms with Crippen LogP contribution < -0.4 is 4.31 Å². The zero-order chi connectivity index (χ0) is 28.8. The van der Waals surface area contributed by atoms with Crippen molar-refractivity contribution in [1.29, 1.82) is 5.26 Å². The minimum atomic E-state index is -6.13. The molecule has 8 nitrogen and oxygen atoms in total. The van der Waals surface area contributed by atoms with Gasteiger partial charge in [0, 0.05) is 12.0 Å². The lowest BCUT2D eigenvalue weighted by Crippen LogP contribution is -2.54. The van der Waals surface area contributed by atoms with Gasteiger partial charge >= 0.3 is 12.4 Å². The molecule has 208 valence electrons. The van der Waals surface area contributed by atoms with Crippen LogP contribution in [0.4, 0.5) is 36.4 Å². The number of nitrogens with zero attached hydrogens (tertiary/aromatic N) is 4. The molecule has 39 heavy (non-hydrogen) atoms. The van der Waals surface area contributed by atoms with E-state index in [9.17, 15) is 44.3 Å². The Balaban J connectivity index is 1.84. The maximum absolute atomic E-state index is 13.7. The molecule has 1 atom stereocenters. The zero-order valence-electron chi connectivity index (χ0n) is 19.5. The van der Waals surface area contributed by atoms with Crippen LogP contribution >= 0.6 is 0 Å². The predicted molar refractivity (Wildman–Crippen MR) is 118 cm³/mol. The lowest BCUT2D eigenvalue weighted by molar-refractivity contribution is -0.376. The summed E-state index contributed by atoms with van der Waals surface area (Å²) in [7, 11) is -4.55. The van der Waals surface area contributed by atoms with Gasteiger partial charge < -0.3 is 9.52 Å². The SMILES string of the molecule is N#CCc1nnc(C[C@@H]2CCc3cc(C(O)(C(F)(F)F)C(F)(F)F)ccc3N2S(=O)(=O)c2ccc(F)cc2)o1. The molecule has 1 aliphatic rings. The predicted octanol–water partition coefficient (Wildman–Crippen LogP) is 4.34. The van der Waals surface area contributed by atoms with Gasteiger partial charge in [0.1, 0.15) is 12.2 Å². The van der Waals surface area contributed by atoms with Gasteiger partial charge in [0.05, 0.1) is 22.7 Å². The number of benzene rings is 2. The van der Waals surface area contributed by atoms with E-state index in [-0.39, 0.29) is 48.7 Å². The first kappa shape index (κ1) is 28.3. The van der Waals surface area contributed by atoms with Crippen molar-refractivity contribution in [3.63, 3.8) is 0 Å². The molecule has 0 saturated heterocycles. The van der Waals surface area contributed by atoms with E-state index in [1.165, 1.54) is 0 Å². The minimum Gasteiger partial charge on any atom is -0.424 e. The van der Waals surface area contributed by atoms with Gasteiger partial charge in [-0.05, 0) is 48.7 Å². The lowest BCUT2D eigenvalue weighted by atomic mass is 9.87. The number of aliphatic hydroxyl groups is 1. The fourth-order valence-electron chi connectivity index (χ4n) is 4.29. The molecule has 4 rings (SSSR count). The van der Waals surface area contributed by atoms with Crippen molar-refractivity contribution in [2.75, 3.05) is 4.31 Å². The molecular formula is C23H17F7N4O4S. The zero-order valence-corrected chi connectivity index (χ0v) is 20.3. The Bertz CT molecular complexity index is 1500. The number of anilines is 1. The highest BCUT2D eigenvalue weighted by Gasteiger charge is 2.71. The van der Waals surface area contributed by atoms with Crippen molar-refractivity contribution in [3.05, 3.63) is 71.2 Å². The molecule has 0 saturated carbocycles. The van der Waals surface area contributed by atoms with Crippen LogP contribution in [0.3, 0.4) is 0 Å². The third-order valence-electron chi connectivity index (χ3n) is 6.15. The maximum atomic E-state index is 13.7. The Morgan fingerprint density at radius 1 is 1.03 bits per heavy atom. The van der Waals surface area contributed by atoms with Crippen LogP contribution in [0, 0.1) is 17.1 Å². The van der Waals surface area contributed by atoms with E-state index in [1.54, 1.807) is 6.07 Å². The summed E-state index contributed by atoms with van der Waals surface area (Å²) in [5.41, 5.74) is -7.19. The van der Waals surface area contributed by atoms with E-state index >= 15 is 0 Å². The second-order valence-electron chi connectivity index (χ2n) is 8.63.